The van der Waals surface area contributed by atoms with Gasteiger partial charge in [-0.3, -0.25) is 9.10 Å². The smallest absolute Gasteiger partial charge is 0.271 e. The minimum absolute atomic E-state index is 0.0154. The fourth-order valence-electron chi connectivity index (χ4n) is 3.17. The second-order valence-corrected chi connectivity index (χ2v) is 9.87. The van der Waals surface area contributed by atoms with Crippen molar-refractivity contribution in [3.63, 3.8) is 0 Å². The topological polar surface area (TPSA) is 78.8 Å². The molecule has 0 radical (unpaired) electrons. The molecule has 3 rings (SSSR count). The zero-order valence-electron chi connectivity index (χ0n) is 19.3. The molecule has 1 amide bonds. The minimum atomic E-state index is -4.51. The van der Waals surface area contributed by atoms with Gasteiger partial charge in [0.25, 0.3) is 15.9 Å². The summed E-state index contributed by atoms with van der Waals surface area (Å²) >= 11 is 0. The summed E-state index contributed by atoms with van der Waals surface area (Å²) in [6.07, 6.45) is -3.45. The van der Waals surface area contributed by atoms with Gasteiger partial charge in [-0.2, -0.15) is 18.3 Å². The summed E-state index contributed by atoms with van der Waals surface area (Å²) in [5.74, 6) is -0.762. The molecule has 0 bridgehead atoms. The van der Waals surface area contributed by atoms with E-state index >= 15 is 0 Å². The van der Waals surface area contributed by atoms with Crippen molar-refractivity contribution in [3.05, 3.63) is 94.5 Å². The van der Waals surface area contributed by atoms with Crippen molar-refractivity contribution in [2.24, 2.45) is 5.10 Å². The van der Waals surface area contributed by atoms with E-state index in [-0.39, 0.29) is 10.5 Å². The number of hydrogen-bond donors (Lipinski definition) is 1. The van der Waals surface area contributed by atoms with Gasteiger partial charge < -0.3 is 0 Å². The van der Waals surface area contributed by atoms with Crippen molar-refractivity contribution in [1.29, 1.82) is 0 Å². The van der Waals surface area contributed by atoms with Gasteiger partial charge in [0.2, 0.25) is 0 Å². The number of hydrogen-bond acceptors (Lipinski definition) is 4. The fourth-order valence-corrected chi connectivity index (χ4v) is 4.59. The van der Waals surface area contributed by atoms with Gasteiger partial charge in [0, 0.05) is 0 Å². The molecule has 0 spiro atoms. The number of nitrogens with zero attached hydrogens (tertiary/aromatic N) is 2. The van der Waals surface area contributed by atoms with E-state index in [1.807, 2.05) is 20.8 Å². The van der Waals surface area contributed by atoms with Crippen molar-refractivity contribution in [2.45, 2.75) is 31.8 Å². The molecule has 0 heterocycles. The first-order chi connectivity index (χ1) is 16.4. The van der Waals surface area contributed by atoms with Gasteiger partial charge in [0.05, 0.1) is 22.4 Å². The lowest BCUT2D eigenvalue weighted by Crippen LogP contribution is -2.39. The molecule has 0 saturated heterocycles. The van der Waals surface area contributed by atoms with Crippen LogP contribution in [0.4, 0.5) is 18.9 Å². The number of amides is 1. The standard InChI is InChI=1S/C25H24F3N3O3S/c1-17-7-11-23(12-8-17)35(33,34)31(22-10-9-18(2)19(3)13-22)16-24(32)30-29-15-20-5-4-6-21(14-20)25(26,27)28/h4-15H,16H2,1-3H3,(H,30,32)/b29-15-. The van der Waals surface area contributed by atoms with Crippen LogP contribution in [0.5, 0.6) is 0 Å². The first-order valence-corrected chi connectivity index (χ1v) is 12.0. The van der Waals surface area contributed by atoms with Crippen LogP contribution >= 0.6 is 0 Å². The molecule has 6 nitrogen and oxygen atoms in total. The first kappa shape index (κ1) is 26.0. The number of hydrazone groups is 1. The summed E-state index contributed by atoms with van der Waals surface area (Å²) in [5, 5.41) is 3.70. The van der Waals surface area contributed by atoms with E-state index in [1.165, 1.54) is 24.3 Å². The quantitative estimate of drug-likeness (QED) is 0.365. The Morgan fingerprint density at radius 1 is 0.971 bits per heavy atom. The number of anilines is 1. The highest BCUT2D eigenvalue weighted by Crippen LogP contribution is 2.29. The fraction of sp³-hybridized carbons (Fsp3) is 0.200. The SMILES string of the molecule is Cc1ccc(S(=O)(=O)N(CC(=O)N/N=C\c2cccc(C(F)(F)F)c2)c2ccc(C)c(C)c2)cc1. The zero-order chi connectivity index (χ0) is 25.8. The van der Waals surface area contributed by atoms with Gasteiger partial charge in [-0.25, -0.2) is 13.8 Å². The average Bonchev–Trinajstić information content (AvgIpc) is 2.79. The Labute approximate surface area is 202 Å². The Bertz CT molecular complexity index is 1350. The summed E-state index contributed by atoms with van der Waals surface area (Å²) in [6, 6.07) is 15.7. The predicted molar refractivity (Wildman–Crippen MR) is 129 cm³/mol. The van der Waals surface area contributed by atoms with E-state index in [9.17, 15) is 26.4 Å². The minimum Gasteiger partial charge on any atom is -0.271 e. The third-order valence-corrected chi connectivity index (χ3v) is 7.08. The van der Waals surface area contributed by atoms with Gasteiger partial charge in [0.1, 0.15) is 6.54 Å². The van der Waals surface area contributed by atoms with Crippen molar-refractivity contribution < 1.29 is 26.4 Å². The lowest BCUT2D eigenvalue weighted by Gasteiger charge is -2.24. The number of nitrogens with one attached hydrogen (secondary N) is 1. The molecule has 0 aliphatic rings. The number of carbonyl (C=O) groups is 1. The highest BCUT2D eigenvalue weighted by atomic mass is 32.2. The van der Waals surface area contributed by atoms with Gasteiger partial charge in [-0.05, 0) is 73.9 Å². The van der Waals surface area contributed by atoms with Crippen LogP contribution in [0.3, 0.4) is 0 Å². The number of benzene rings is 3. The van der Waals surface area contributed by atoms with Crippen LogP contribution in [0.25, 0.3) is 0 Å². The van der Waals surface area contributed by atoms with Crippen LogP contribution in [0.2, 0.25) is 0 Å². The summed E-state index contributed by atoms with van der Waals surface area (Å²) in [4.78, 5) is 12.6. The Morgan fingerprint density at radius 3 is 2.29 bits per heavy atom. The maximum atomic E-state index is 13.4. The number of sulfonamides is 1. The lowest BCUT2D eigenvalue weighted by atomic mass is 10.1. The van der Waals surface area contributed by atoms with Crippen LogP contribution in [-0.4, -0.2) is 27.1 Å². The maximum Gasteiger partial charge on any atom is 0.416 e. The predicted octanol–water partition coefficient (Wildman–Crippen LogP) is 4.98. The van der Waals surface area contributed by atoms with Crippen molar-refractivity contribution >= 4 is 27.8 Å². The Hall–Kier alpha value is -3.66. The normalized spacial score (nSPS) is 12.1. The molecule has 0 fully saturated rings. The molecule has 10 heteroatoms. The summed E-state index contributed by atoms with van der Waals surface area (Å²) < 4.78 is 66.4. The average molecular weight is 504 g/mol. The molecule has 3 aromatic carbocycles. The number of halogens is 3. The maximum absolute atomic E-state index is 13.4. The summed E-state index contributed by atoms with van der Waals surface area (Å²) in [7, 11) is -4.10. The van der Waals surface area contributed by atoms with Crippen LogP contribution in [0.15, 0.2) is 76.7 Å². The molecule has 0 aromatic heterocycles. The van der Waals surface area contributed by atoms with Crippen molar-refractivity contribution in [2.75, 3.05) is 10.8 Å². The molecule has 3 aromatic rings. The van der Waals surface area contributed by atoms with Crippen LogP contribution in [0.1, 0.15) is 27.8 Å². The summed E-state index contributed by atoms with van der Waals surface area (Å²) in [5.41, 5.74) is 4.44. The second kappa shape index (κ2) is 10.3. The van der Waals surface area contributed by atoms with Crippen LogP contribution < -0.4 is 9.73 Å². The molecule has 1 N–H and O–H groups in total. The van der Waals surface area contributed by atoms with E-state index in [4.69, 9.17) is 0 Å². The molecule has 0 atom stereocenters. The molecular formula is C25H24F3N3O3S. The van der Waals surface area contributed by atoms with Crippen molar-refractivity contribution in [3.8, 4) is 0 Å². The molecule has 35 heavy (non-hydrogen) atoms. The third-order valence-electron chi connectivity index (χ3n) is 5.29. The van der Waals surface area contributed by atoms with E-state index in [2.05, 4.69) is 10.5 Å². The van der Waals surface area contributed by atoms with E-state index in [0.29, 0.717) is 5.69 Å². The highest BCUT2D eigenvalue weighted by Gasteiger charge is 2.30. The highest BCUT2D eigenvalue weighted by molar-refractivity contribution is 7.92. The largest absolute Gasteiger partial charge is 0.416 e. The van der Waals surface area contributed by atoms with Crippen LogP contribution in [-0.2, 0) is 21.0 Å². The van der Waals surface area contributed by atoms with Gasteiger partial charge >= 0.3 is 6.18 Å². The Morgan fingerprint density at radius 2 is 1.66 bits per heavy atom. The lowest BCUT2D eigenvalue weighted by molar-refractivity contribution is -0.137. The molecule has 0 saturated carbocycles. The van der Waals surface area contributed by atoms with E-state index in [0.717, 1.165) is 39.3 Å². The molecular weight excluding hydrogens is 479 g/mol. The van der Waals surface area contributed by atoms with Gasteiger partial charge in [-0.1, -0.05) is 35.9 Å². The second-order valence-electron chi connectivity index (χ2n) is 8.01. The van der Waals surface area contributed by atoms with Crippen molar-refractivity contribution in [1.82, 2.24) is 5.43 Å². The molecule has 184 valence electrons. The van der Waals surface area contributed by atoms with E-state index in [1.54, 1.807) is 30.3 Å². The van der Waals surface area contributed by atoms with Gasteiger partial charge in [-0.15, -0.1) is 0 Å². The molecule has 0 aliphatic carbocycles. The molecule has 0 unspecified atom stereocenters. The number of alkyl halides is 3. The Kier molecular flexibility index (Phi) is 7.64. The summed E-state index contributed by atoms with van der Waals surface area (Å²) in [6.45, 7) is 4.95. The zero-order valence-corrected chi connectivity index (χ0v) is 20.1. The van der Waals surface area contributed by atoms with E-state index < -0.39 is 34.2 Å². The molecule has 0 aliphatic heterocycles. The van der Waals surface area contributed by atoms with Gasteiger partial charge in [0.15, 0.2) is 0 Å². The monoisotopic (exact) mass is 503 g/mol. The first-order valence-electron chi connectivity index (χ1n) is 10.5. The Balaban J connectivity index is 1.85. The number of carbonyl (C=O) groups excluding carboxylic acids is 1. The number of rotatable bonds is 7. The van der Waals surface area contributed by atoms with Crippen LogP contribution in [0, 0.1) is 20.8 Å². The number of aryl methyl sites for hydroxylation is 3. The third kappa shape index (κ3) is 6.48.